The lowest BCUT2D eigenvalue weighted by Gasteiger charge is -2.00. The van der Waals surface area contributed by atoms with Gasteiger partial charge in [0.05, 0.1) is 4.88 Å². The summed E-state index contributed by atoms with van der Waals surface area (Å²) in [4.78, 5) is 32.8. The molecule has 1 aromatic heterocycles. The predicted octanol–water partition coefficient (Wildman–Crippen LogP) is 0.0515. The van der Waals surface area contributed by atoms with Crippen LogP contribution in [0.4, 0.5) is 0 Å². The molecular weight excluding hydrogens is 232 g/mol. The van der Waals surface area contributed by atoms with Crippen LogP contribution >= 0.6 is 11.3 Å². The number of primary amides is 1. The van der Waals surface area contributed by atoms with E-state index in [4.69, 9.17) is 10.8 Å². The minimum atomic E-state index is -1.07. The Kier molecular flexibility index (Phi) is 4.01. The number of carbonyl (C=O) groups is 3. The van der Waals surface area contributed by atoms with Crippen LogP contribution in [0.25, 0.3) is 0 Å². The molecule has 1 heterocycles. The zero-order valence-electron chi connectivity index (χ0n) is 8.23. The van der Waals surface area contributed by atoms with Crippen molar-refractivity contribution in [3.63, 3.8) is 0 Å². The Hall–Kier alpha value is -1.89. The highest BCUT2D eigenvalue weighted by Gasteiger charge is 2.12. The van der Waals surface area contributed by atoms with E-state index in [0.29, 0.717) is 4.88 Å². The molecule has 0 unspecified atom stereocenters. The number of carboxylic acid groups (broad SMARTS) is 1. The summed E-state index contributed by atoms with van der Waals surface area (Å²) in [5.41, 5.74) is 4.90. The molecule has 0 spiro atoms. The van der Waals surface area contributed by atoms with E-state index in [2.05, 4.69) is 5.32 Å². The van der Waals surface area contributed by atoms with E-state index in [1.807, 2.05) is 0 Å². The van der Waals surface area contributed by atoms with Gasteiger partial charge in [0.25, 0.3) is 5.91 Å². The first-order valence-corrected chi connectivity index (χ1v) is 5.22. The van der Waals surface area contributed by atoms with Crippen molar-refractivity contribution in [2.75, 3.05) is 6.54 Å². The summed E-state index contributed by atoms with van der Waals surface area (Å²) >= 11 is 0.880. The standard InChI is InChI=1S/C9H10N2O4S/c10-7(12)3-4-11-8(13)5-1-2-6(16-5)9(14)15/h1-2H,3-4H2,(H2,10,12)(H,11,13)(H,14,15). The number of hydrogen-bond donors (Lipinski definition) is 3. The van der Waals surface area contributed by atoms with Crippen LogP contribution in [0.15, 0.2) is 12.1 Å². The molecule has 0 atom stereocenters. The minimum Gasteiger partial charge on any atom is -0.477 e. The summed E-state index contributed by atoms with van der Waals surface area (Å²) in [6, 6.07) is 2.78. The van der Waals surface area contributed by atoms with Crippen molar-refractivity contribution < 1.29 is 19.5 Å². The molecule has 0 fully saturated rings. The fraction of sp³-hybridized carbons (Fsp3) is 0.222. The number of carbonyl (C=O) groups excluding carboxylic acids is 2. The zero-order chi connectivity index (χ0) is 12.1. The van der Waals surface area contributed by atoms with E-state index in [9.17, 15) is 14.4 Å². The molecule has 86 valence electrons. The smallest absolute Gasteiger partial charge is 0.345 e. The Labute approximate surface area is 95.1 Å². The number of aromatic carboxylic acids is 1. The lowest BCUT2D eigenvalue weighted by Crippen LogP contribution is -2.27. The second kappa shape index (κ2) is 5.26. The van der Waals surface area contributed by atoms with E-state index in [1.54, 1.807) is 0 Å². The first kappa shape index (κ1) is 12.2. The molecular formula is C9H10N2O4S. The third kappa shape index (κ3) is 3.35. The molecule has 0 saturated carbocycles. The Morgan fingerprint density at radius 1 is 1.31 bits per heavy atom. The monoisotopic (exact) mass is 242 g/mol. The number of thiophene rings is 1. The zero-order valence-corrected chi connectivity index (χ0v) is 9.04. The van der Waals surface area contributed by atoms with Crippen molar-refractivity contribution >= 4 is 29.1 Å². The van der Waals surface area contributed by atoms with Gasteiger partial charge in [0.2, 0.25) is 5.91 Å². The molecule has 0 aliphatic heterocycles. The third-order valence-electron chi connectivity index (χ3n) is 1.70. The first-order chi connectivity index (χ1) is 7.50. The van der Waals surface area contributed by atoms with Gasteiger partial charge in [0.1, 0.15) is 4.88 Å². The topological polar surface area (TPSA) is 109 Å². The lowest BCUT2D eigenvalue weighted by molar-refractivity contribution is -0.117. The number of amides is 2. The van der Waals surface area contributed by atoms with Gasteiger partial charge in [-0.3, -0.25) is 9.59 Å². The van der Waals surface area contributed by atoms with E-state index in [-0.39, 0.29) is 17.8 Å². The summed E-state index contributed by atoms with van der Waals surface area (Å²) in [6.45, 7) is 0.147. The third-order valence-corrected chi connectivity index (χ3v) is 2.77. The van der Waals surface area contributed by atoms with Crippen LogP contribution in [0.2, 0.25) is 0 Å². The van der Waals surface area contributed by atoms with Gasteiger partial charge in [-0.25, -0.2) is 4.79 Å². The second-order valence-corrected chi connectivity index (χ2v) is 4.03. The summed E-state index contributed by atoms with van der Waals surface area (Å²) in [5.74, 6) is -1.97. The summed E-state index contributed by atoms with van der Waals surface area (Å²) in [5, 5.41) is 11.1. The molecule has 4 N–H and O–H groups in total. The van der Waals surface area contributed by atoms with E-state index in [1.165, 1.54) is 12.1 Å². The van der Waals surface area contributed by atoms with Crippen molar-refractivity contribution in [1.29, 1.82) is 0 Å². The fourth-order valence-corrected chi connectivity index (χ4v) is 1.72. The van der Waals surface area contributed by atoms with Crippen LogP contribution in [-0.2, 0) is 4.79 Å². The highest BCUT2D eigenvalue weighted by molar-refractivity contribution is 7.15. The summed E-state index contributed by atoms with van der Waals surface area (Å²) in [6.07, 6.45) is 0.0584. The molecule has 7 heteroatoms. The molecule has 6 nitrogen and oxygen atoms in total. The van der Waals surface area contributed by atoms with Crippen molar-refractivity contribution in [1.82, 2.24) is 5.32 Å². The molecule has 0 bridgehead atoms. The Morgan fingerprint density at radius 3 is 2.44 bits per heavy atom. The van der Waals surface area contributed by atoms with E-state index >= 15 is 0 Å². The van der Waals surface area contributed by atoms with Crippen LogP contribution in [0.3, 0.4) is 0 Å². The molecule has 0 saturated heterocycles. The van der Waals surface area contributed by atoms with Gasteiger partial charge in [-0.05, 0) is 12.1 Å². The van der Waals surface area contributed by atoms with E-state index in [0.717, 1.165) is 11.3 Å². The normalized spacial score (nSPS) is 9.75. The maximum absolute atomic E-state index is 11.4. The van der Waals surface area contributed by atoms with Crippen molar-refractivity contribution in [2.24, 2.45) is 5.73 Å². The van der Waals surface area contributed by atoms with Crippen molar-refractivity contribution in [2.45, 2.75) is 6.42 Å². The molecule has 16 heavy (non-hydrogen) atoms. The molecule has 1 aromatic rings. The molecule has 0 radical (unpaired) electrons. The van der Waals surface area contributed by atoms with Crippen molar-refractivity contribution in [3.8, 4) is 0 Å². The Bertz CT molecular complexity index is 427. The second-order valence-electron chi connectivity index (χ2n) is 2.94. The average molecular weight is 242 g/mol. The molecule has 0 aromatic carbocycles. The highest BCUT2D eigenvalue weighted by atomic mass is 32.1. The number of nitrogens with one attached hydrogen (secondary N) is 1. The van der Waals surface area contributed by atoms with Crippen LogP contribution in [0.5, 0.6) is 0 Å². The predicted molar refractivity (Wildman–Crippen MR) is 57.4 cm³/mol. The van der Waals surface area contributed by atoms with Crippen LogP contribution in [0.1, 0.15) is 25.8 Å². The van der Waals surface area contributed by atoms with Gasteiger partial charge in [0.15, 0.2) is 0 Å². The fourth-order valence-electron chi connectivity index (χ4n) is 0.961. The molecule has 1 rings (SSSR count). The maximum atomic E-state index is 11.4. The minimum absolute atomic E-state index is 0.0584. The van der Waals surface area contributed by atoms with Gasteiger partial charge in [-0.15, -0.1) is 11.3 Å². The van der Waals surface area contributed by atoms with Crippen LogP contribution in [0, 0.1) is 0 Å². The molecule has 2 amide bonds. The van der Waals surface area contributed by atoms with Crippen molar-refractivity contribution in [3.05, 3.63) is 21.9 Å². The number of carboxylic acids is 1. The Balaban J connectivity index is 2.53. The van der Waals surface area contributed by atoms with Gasteiger partial charge in [0, 0.05) is 13.0 Å². The summed E-state index contributed by atoms with van der Waals surface area (Å²) < 4.78 is 0. The van der Waals surface area contributed by atoms with Gasteiger partial charge in [-0.1, -0.05) is 0 Å². The SMILES string of the molecule is NC(=O)CCNC(=O)c1ccc(C(=O)O)s1. The highest BCUT2D eigenvalue weighted by Crippen LogP contribution is 2.15. The van der Waals surface area contributed by atoms with Crippen LogP contribution < -0.4 is 11.1 Å². The maximum Gasteiger partial charge on any atom is 0.345 e. The van der Waals surface area contributed by atoms with Crippen LogP contribution in [-0.4, -0.2) is 29.4 Å². The number of rotatable bonds is 5. The largest absolute Gasteiger partial charge is 0.477 e. The van der Waals surface area contributed by atoms with Gasteiger partial charge >= 0.3 is 5.97 Å². The number of hydrogen-bond acceptors (Lipinski definition) is 4. The molecule has 0 aliphatic carbocycles. The Morgan fingerprint density at radius 2 is 1.94 bits per heavy atom. The number of nitrogens with two attached hydrogens (primary N) is 1. The molecule has 0 aliphatic rings. The van der Waals surface area contributed by atoms with Gasteiger partial charge in [-0.2, -0.15) is 0 Å². The first-order valence-electron chi connectivity index (χ1n) is 4.40. The van der Waals surface area contributed by atoms with E-state index < -0.39 is 17.8 Å². The average Bonchev–Trinajstić information content (AvgIpc) is 2.65. The summed E-state index contributed by atoms with van der Waals surface area (Å²) in [7, 11) is 0. The lowest BCUT2D eigenvalue weighted by atomic mass is 10.3. The quantitative estimate of drug-likeness (QED) is 0.677. The van der Waals surface area contributed by atoms with Gasteiger partial charge < -0.3 is 16.2 Å².